The molecule has 0 atom stereocenters. The zero-order valence-corrected chi connectivity index (χ0v) is 13.5. The maximum Gasteiger partial charge on any atom is 0.416 e. The minimum Gasteiger partial charge on any atom is -0.484 e. The standard InChI is InChI=1S/C16H16F3NO2S/c1-11-6-7-23-14(11)9-20(2)15(21)10-22-13-5-3-4-12(8-13)16(17,18)19/h3-8H,9-10H2,1-2H3. The molecule has 0 saturated carbocycles. The number of benzene rings is 1. The van der Waals surface area contributed by atoms with Gasteiger partial charge in [0.15, 0.2) is 6.61 Å². The second-order valence-corrected chi connectivity index (χ2v) is 6.09. The number of rotatable bonds is 5. The fourth-order valence-corrected chi connectivity index (χ4v) is 2.85. The van der Waals surface area contributed by atoms with E-state index in [2.05, 4.69) is 0 Å². The number of hydrogen-bond acceptors (Lipinski definition) is 3. The number of carbonyl (C=O) groups excluding carboxylic acids is 1. The number of halogens is 3. The van der Waals surface area contributed by atoms with Crippen LogP contribution in [0.3, 0.4) is 0 Å². The summed E-state index contributed by atoms with van der Waals surface area (Å²) in [5, 5.41) is 1.95. The molecular weight excluding hydrogens is 327 g/mol. The fourth-order valence-electron chi connectivity index (χ4n) is 1.89. The van der Waals surface area contributed by atoms with Crippen LogP contribution in [0.4, 0.5) is 13.2 Å². The zero-order valence-electron chi connectivity index (χ0n) is 12.7. The van der Waals surface area contributed by atoms with Crippen molar-refractivity contribution in [1.29, 1.82) is 0 Å². The normalized spacial score (nSPS) is 11.3. The van der Waals surface area contributed by atoms with Crippen molar-refractivity contribution in [3.63, 3.8) is 0 Å². The molecule has 2 rings (SSSR count). The molecule has 1 heterocycles. The predicted molar refractivity (Wildman–Crippen MR) is 82.5 cm³/mol. The van der Waals surface area contributed by atoms with E-state index in [-0.39, 0.29) is 18.3 Å². The van der Waals surface area contributed by atoms with Crippen LogP contribution in [0, 0.1) is 6.92 Å². The van der Waals surface area contributed by atoms with Gasteiger partial charge in [-0.15, -0.1) is 11.3 Å². The highest BCUT2D eigenvalue weighted by Crippen LogP contribution is 2.31. The van der Waals surface area contributed by atoms with Crippen molar-refractivity contribution < 1.29 is 22.7 Å². The Labute approximate surface area is 136 Å². The molecule has 1 amide bonds. The minimum absolute atomic E-state index is 0.0221. The molecule has 0 N–H and O–H groups in total. The highest BCUT2D eigenvalue weighted by Gasteiger charge is 2.30. The molecule has 0 saturated heterocycles. The Bertz CT molecular complexity index is 682. The number of carbonyl (C=O) groups is 1. The van der Waals surface area contributed by atoms with E-state index in [1.165, 1.54) is 17.0 Å². The van der Waals surface area contributed by atoms with Crippen LogP contribution in [0.1, 0.15) is 16.0 Å². The molecule has 0 fully saturated rings. The van der Waals surface area contributed by atoms with Gasteiger partial charge < -0.3 is 9.64 Å². The summed E-state index contributed by atoms with van der Waals surface area (Å²) in [6.07, 6.45) is -4.43. The third kappa shape index (κ3) is 4.72. The number of thiophene rings is 1. The van der Waals surface area contributed by atoms with Crippen molar-refractivity contribution in [3.05, 3.63) is 51.7 Å². The Kier molecular flexibility index (Phi) is 5.30. The van der Waals surface area contributed by atoms with E-state index in [0.29, 0.717) is 6.54 Å². The molecule has 7 heteroatoms. The maximum absolute atomic E-state index is 12.6. The lowest BCUT2D eigenvalue weighted by molar-refractivity contribution is -0.137. The van der Waals surface area contributed by atoms with Crippen LogP contribution in [-0.4, -0.2) is 24.5 Å². The Morgan fingerprint density at radius 3 is 2.65 bits per heavy atom. The van der Waals surface area contributed by atoms with Crippen LogP contribution in [-0.2, 0) is 17.5 Å². The van der Waals surface area contributed by atoms with Crippen LogP contribution in [0.5, 0.6) is 5.75 Å². The molecule has 1 aromatic heterocycles. The van der Waals surface area contributed by atoms with E-state index in [4.69, 9.17) is 4.74 Å². The van der Waals surface area contributed by atoms with Gasteiger partial charge in [-0.1, -0.05) is 6.07 Å². The van der Waals surface area contributed by atoms with Crippen molar-refractivity contribution in [2.45, 2.75) is 19.6 Å². The van der Waals surface area contributed by atoms with Crippen LogP contribution in [0.25, 0.3) is 0 Å². The third-order valence-corrected chi connectivity index (χ3v) is 4.31. The van der Waals surface area contributed by atoms with Gasteiger partial charge in [-0.25, -0.2) is 0 Å². The summed E-state index contributed by atoms with van der Waals surface area (Å²) in [7, 11) is 1.64. The lowest BCUT2D eigenvalue weighted by Crippen LogP contribution is -2.30. The quantitative estimate of drug-likeness (QED) is 0.818. The molecule has 124 valence electrons. The molecule has 0 aliphatic carbocycles. The third-order valence-electron chi connectivity index (χ3n) is 3.30. The average molecular weight is 343 g/mol. The molecule has 0 radical (unpaired) electrons. The highest BCUT2D eigenvalue weighted by molar-refractivity contribution is 7.10. The first-order valence-electron chi connectivity index (χ1n) is 6.84. The number of hydrogen-bond donors (Lipinski definition) is 0. The van der Waals surface area contributed by atoms with E-state index in [9.17, 15) is 18.0 Å². The summed E-state index contributed by atoms with van der Waals surface area (Å²) in [5.74, 6) is -0.274. The summed E-state index contributed by atoms with van der Waals surface area (Å²) in [4.78, 5) is 14.6. The molecule has 0 bridgehead atoms. The topological polar surface area (TPSA) is 29.5 Å². The van der Waals surface area contributed by atoms with Crippen molar-refractivity contribution in [2.24, 2.45) is 0 Å². The second kappa shape index (κ2) is 7.04. The number of likely N-dealkylation sites (N-methyl/N-ethyl adjacent to an activating group) is 1. The first-order valence-corrected chi connectivity index (χ1v) is 7.72. The molecule has 2 aromatic rings. The van der Waals surface area contributed by atoms with Gasteiger partial charge in [0.2, 0.25) is 0 Å². The average Bonchev–Trinajstić information content (AvgIpc) is 2.89. The van der Waals surface area contributed by atoms with Gasteiger partial charge in [-0.05, 0) is 42.1 Å². The molecule has 0 spiro atoms. The first-order chi connectivity index (χ1) is 10.8. The van der Waals surface area contributed by atoms with E-state index in [1.54, 1.807) is 18.4 Å². The van der Waals surface area contributed by atoms with Crippen molar-refractivity contribution in [2.75, 3.05) is 13.7 Å². The second-order valence-electron chi connectivity index (χ2n) is 5.09. The maximum atomic E-state index is 12.6. The Hall–Kier alpha value is -2.02. The fraction of sp³-hybridized carbons (Fsp3) is 0.312. The SMILES string of the molecule is Cc1ccsc1CN(C)C(=O)COc1cccc(C(F)(F)F)c1. The number of aryl methyl sites for hydroxylation is 1. The number of nitrogens with zero attached hydrogens (tertiary/aromatic N) is 1. The molecule has 23 heavy (non-hydrogen) atoms. The van der Waals surface area contributed by atoms with Gasteiger partial charge >= 0.3 is 6.18 Å². The van der Waals surface area contributed by atoms with Crippen molar-refractivity contribution >= 4 is 17.2 Å². The van der Waals surface area contributed by atoms with Crippen molar-refractivity contribution in [1.82, 2.24) is 4.90 Å². The van der Waals surface area contributed by atoms with Crippen LogP contribution >= 0.6 is 11.3 Å². The summed E-state index contributed by atoms with van der Waals surface area (Å²) >= 11 is 1.55. The summed E-state index contributed by atoms with van der Waals surface area (Å²) < 4.78 is 43.0. The lowest BCUT2D eigenvalue weighted by Gasteiger charge is -2.17. The summed E-state index contributed by atoms with van der Waals surface area (Å²) in [6, 6.07) is 6.46. The van der Waals surface area contributed by atoms with Gasteiger partial charge in [0.05, 0.1) is 12.1 Å². The van der Waals surface area contributed by atoms with Gasteiger partial charge in [0.1, 0.15) is 5.75 Å². The smallest absolute Gasteiger partial charge is 0.416 e. The van der Waals surface area contributed by atoms with E-state index in [1.807, 2.05) is 18.4 Å². The molecule has 1 aromatic carbocycles. The molecular formula is C16H16F3NO2S. The first kappa shape index (κ1) is 17.3. The predicted octanol–water partition coefficient (Wildman–Crippen LogP) is 4.11. The Morgan fingerprint density at radius 1 is 1.30 bits per heavy atom. The van der Waals surface area contributed by atoms with Gasteiger partial charge in [0.25, 0.3) is 5.91 Å². The van der Waals surface area contributed by atoms with Gasteiger partial charge in [-0.3, -0.25) is 4.79 Å². The van der Waals surface area contributed by atoms with Crippen LogP contribution in [0.2, 0.25) is 0 Å². The number of amides is 1. The van der Waals surface area contributed by atoms with E-state index < -0.39 is 11.7 Å². The van der Waals surface area contributed by atoms with Gasteiger partial charge in [0, 0.05) is 11.9 Å². The van der Waals surface area contributed by atoms with Crippen molar-refractivity contribution in [3.8, 4) is 5.75 Å². The van der Waals surface area contributed by atoms with Gasteiger partial charge in [-0.2, -0.15) is 13.2 Å². The summed E-state index contributed by atoms with van der Waals surface area (Å²) in [6.45, 7) is 2.11. The molecule has 0 aliphatic rings. The zero-order chi connectivity index (χ0) is 17.0. The summed E-state index contributed by atoms with van der Waals surface area (Å²) in [5.41, 5.74) is 0.304. The minimum atomic E-state index is -4.43. The van der Waals surface area contributed by atoms with E-state index >= 15 is 0 Å². The largest absolute Gasteiger partial charge is 0.484 e. The molecule has 3 nitrogen and oxygen atoms in total. The number of ether oxygens (including phenoxy) is 1. The van der Waals surface area contributed by atoms with Crippen LogP contribution < -0.4 is 4.74 Å². The molecule has 0 unspecified atom stereocenters. The van der Waals surface area contributed by atoms with E-state index in [0.717, 1.165) is 22.6 Å². The lowest BCUT2D eigenvalue weighted by atomic mass is 10.2. The Balaban J connectivity index is 1.92. The number of alkyl halides is 3. The molecule has 0 aliphatic heterocycles. The monoisotopic (exact) mass is 343 g/mol. The van der Waals surface area contributed by atoms with Crippen LogP contribution in [0.15, 0.2) is 35.7 Å². The highest BCUT2D eigenvalue weighted by atomic mass is 32.1. The Morgan fingerprint density at radius 2 is 2.04 bits per heavy atom.